The van der Waals surface area contributed by atoms with Gasteiger partial charge in [-0.05, 0) is 31.0 Å². The average molecular weight is 337 g/mol. The van der Waals surface area contributed by atoms with Gasteiger partial charge in [0.25, 0.3) is 0 Å². The summed E-state index contributed by atoms with van der Waals surface area (Å²) in [4.78, 5) is 3.61. The first-order valence-electron chi connectivity index (χ1n) is 10.0. The van der Waals surface area contributed by atoms with Crippen LogP contribution in [0.3, 0.4) is 0 Å². The van der Waals surface area contributed by atoms with Gasteiger partial charge in [0.1, 0.15) is 0 Å². The van der Waals surface area contributed by atoms with Crippen LogP contribution in [0, 0.1) is 6.92 Å². The molecule has 0 aliphatic rings. The van der Waals surface area contributed by atoms with Gasteiger partial charge >= 0.3 is 0 Å². The fraction of sp³-hybridized carbons (Fsp3) is 0.478. The molecule has 0 aliphatic carbocycles. The van der Waals surface area contributed by atoms with Gasteiger partial charge in [-0.15, -0.1) is 0 Å². The van der Waals surface area contributed by atoms with Gasteiger partial charge in [-0.2, -0.15) is 0 Å². The number of aromatic amines is 1. The minimum Gasteiger partial charge on any atom is -0.383 e. The van der Waals surface area contributed by atoms with Crippen LogP contribution in [0.1, 0.15) is 63.9 Å². The lowest BCUT2D eigenvalue weighted by atomic mass is 10.1. The highest BCUT2D eigenvalue weighted by molar-refractivity contribution is 6.12. The van der Waals surface area contributed by atoms with E-state index in [-0.39, 0.29) is 0 Å². The third kappa shape index (κ3) is 4.36. The van der Waals surface area contributed by atoms with Crippen LogP contribution in [0.5, 0.6) is 0 Å². The summed E-state index contributed by atoms with van der Waals surface area (Å²) in [7, 11) is 0. The van der Waals surface area contributed by atoms with Crippen LogP contribution in [-0.4, -0.2) is 11.5 Å². The molecule has 2 nitrogen and oxygen atoms in total. The second-order valence-corrected chi connectivity index (χ2v) is 7.25. The Balaban J connectivity index is 1.55. The van der Waals surface area contributed by atoms with Crippen molar-refractivity contribution in [3.05, 3.63) is 42.0 Å². The molecule has 1 heterocycles. The molecule has 0 saturated heterocycles. The van der Waals surface area contributed by atoms with Crippen LogP contribution in [0.25, 0.3) is 21.8 Å². The summed E-state index contributed by atoms with van der Waals surface area (Å²) in [5.41, 5.74) is 5.05. The normalized spacial score (nSPS) is 11.4. The van der Waals surface area contributed by atoms with Crippen molar-refractivity contribution in [1.82, 2.24) is 4.98 Å². The Kier molecular flexibility index (Phi) is 6.38. The molecule has 0 aliphatic heterocycles. The molecule has 2 N–H and O–H groups in total. The fourth-order valence-corrected chi connectivity index (χ4v) is 3.76. The highest BCUT2D eigenvalue weighted by Crippen LogP contribution is 2.32. The Bertz CT molecular complexity index is 800. The van der Waals surface area contributed by atoms with Crippen LogP contribution in [0.2, 0.25) is 0 Å². The van der Waals surface area contributed by atoms with Gasteiger partial charge in [-0.3, -0.25) is 0 Å². The molecule has 0 atom stereocenters. The van der Waals surface area contributed by atoms with Gasteiger partial charge in [0, 0.05) is 22.8 Å². The zero-order valence-electron chi connectivity index (χ0n) is 15.8. The van der Waals surface area contributed by atoms with Gasteiger partial charge in [0.15, 0.2) is 0 Å². The van der Waals surface area contributed by atoms with Crippen molar-refractivity contribution >= 4 is 27.5 Å². The Labute approximate surface area is 152 Å². The summed E-state index contributed by atoms with van der Waals surface area (Å²) in [5, 5.41) is 6.34. The lowest BCUT2D eigenvalue weighted by Crippen LogP contribution is -2.02. The van der Waals surface area contributed by atoms with Gasteiger partial charge in [0.2, 0.25) is 0 Å². The van der Waals surface area contributed by atoms with Crippen molar-refractivity contribution in [2.24, 2.45) is 0 Å². The molecule has 0 fully saturated rings. The first-order chi connectivity index (χ1) is 12.3. The molecule has 0 radical (unpaired) electrons. The smallest absolute Gasteiger partial charge is 0.0703 e. The van der Waals surface area contributed by atoms with Crippen LogP contribution in [0.15, 0.2) is 36.4 Å². The Morgan fingerprint density at radius 3 is 2.36 bits per heavy atom. The number of benzene rings is 2. The van der Waals surface area contributed by atoms with Crippen molar-refractivity contribution in [1.29, 1.82) is 0 Å². The van der Waals surface area contributed by atoms with Gasteiger partial charge < -0.3 is 10.3 Å². The van der Waals surface area contributed by atoms with Gasteiger partial charge in [0.05, 0.1) is 11.2 Å². The van der Waals surface area contributed by atoms with E-state index in [1.165, 1.54) is 84.4 Å². The van der Waals surface area contributed by atoms with Crippen LogP contribution in [0.4, 0.5) is 5.69 Å². The molecule has 3 aromatic rings. The zero-order valence-corrected chi connectivity index (χ0v) is 15.8. The number of para-hydroxylation sites is 1. The van der Waals surface area contributed by atoms with Crippen molar-refractivity contribution in [3.63, 3.8) is 0 Å². The third-order valence-corrected chi connectivity index (χ3v) is 5.22. The largest absolute Gasteiger partial charge is 0.383 e. The molecule has 3 rings (SSSR count). The van der Waals surface area contributed by atoms with E-state index in [0.717, 1.165) is 6.54 Å². The van der Waals surface area contributed by atoms with Crippen LogP contribution >= 0.6 is 0 Å². The molecule has 0 amide bonds. The SMILES string of the molecule is CCCCCCCCCCNc1ccc(C)c2c1[nH]c1ccccc12. The quantitative estimate of drug-likeness (QED) is 0.377. The lowest BCUT2D eigenvalue weighted by Gasteiger charge is -2.09. The van der Waals surface area contributed by atoms with E-state index in [9.17, 15) is 0 Å². The number of anilines is 1. The Morgan fingerprint density at radius 1 is 0.840 bits per heavy atom. The molecule has 134 valence electrons. The average Bonchev–Trinajstić information content (AvgIpc) is 3.02. The first kappa shape index (κ1) is 17.8. The second kappa shape index (κ2) is 8.94. The van der Waals surface area contributed by atoms with Crippen molar-refractivity contribution in [2.75, 3.05) is 11.9 Å². The lowest BCUT2D eigenvalue weighted by molar-refractivity contribution is 0.581. The van der Waals surface area contributed by atoms with Crippen molar-refractivity contribution in [3.8, 4) is 0 Å². The number of aryl methyl sites for hydroxylation is 1. The molecule has 0 unspecified atom stereocenters. The predicted octanol–water partition coefficient (Wildman–Crippen LogP) is 7.18. The number of nitrogens with one attached hydrogen (secondary N) is 2. The number of rotatable bonds is 10. The first-order valence-corrected chi connectivity index (χ1v) is 10.0. The molecule has 1 aromatic heterocycles. The van der Waals surface area contributed by atoms with E-state index in [4.69, 9.17) is 0 Å². The maximum atomic E-state index is 3.66. The van der Waals surface area contributed by atoms with Gasteiger partial charge in [-0.1, -0.05) is 76.1 Å². The molecule has 0 saturated carbocycles. The number of fused-ring (bicyclic) bond motifs is 3. The van der Waals surface area contributed by atoms with Crippen LogP contribution < -0.4 is 5.32 Å². The number of H-pyrrole nitrogens is 1. The minimum atomic E-state index is 1.06. The Morgan fingerprint density at radius 2 is 1.56 bits per heavy atom. The predicted molar refractivity (Wildman–Crippen MR) is 112 cm³/mol. The number of hydrogen-bond donors (Lipinski definition) is 2. The maximum Gasteiger partial charge on any atom is 0.0703 e. The molecular weight excluding hydrogens is 304 g/mol. The molecular formula is C23H32N2. The monoisotopic (exact) mass is 336 g/mol. The van der Waals surface area contributed by atoms with E-state index < -0.39 is 0 Å². The molecule has 0 spiro atoms. The van der Waals surface area contributed by atoms with E-state index in [1.807, 2.05) is 0 Å². The highest BCUT2D eigenvalue weighted by atomic mass is 14.9. The molecule has 2 aromatic carbocycles. The summed E-state index contributed by atoms with van der Waals surface area (Å²) in [6.45, 7) is 5.54. The van der Waals surface area contributed by atoms with Gasteiger partial charge in [-0.25, -0.2) is 0 Å². The molecule has 2 heteroatoms. The standard InChI is InChI=1S/C23H32N2/c1-3-4-5-6-7-8-9-12-17-24-21-16-15-18(2)22-19-13-10-11-14-20(19)25-23(21)22/h10-11,13-16,24-25H,3-9,12,17H2,1-2H3. The second-order valence-electron chi connectivity index (χ2n) is 7.25. The van der Waals surface area contributed by atoms with Crippen molar-refractivity contribution in [2.45, 2.75) is 65.2 Å². The number of hydrogen-bond acceptors (Lipinski definition) is 1. The number of aromatic nitrogens is 1. The van der Waals surface area contributed by atoms with E-state index in [2.05, 4.69) is 60.5 Å². The fourth-order valence-electron chi connectivity index (χ4n) is 3.76. The highest BCUT2D eigenvalue weighted by Gasteiger charge is 2.09. The zero-order chi connectivity index (χ0) is 17.5. The van der Waals surface area contributed by atoms with E-state index >= 15 is 0 Å². The van der Waals surface area contributed by atoms with Crippen LogP contribution in [-0.2, 0) is 0 Å². The Hall–Kier alpha value is -1.96. The summed E-state index contributed by atoms with van der Waals surface area (Å²) in [5.74, 6) is 0. The van der Waals surface area contributed by atoms with E-state index in [0.29, 0.717) is 0 Å². The van der Waals surface area contributed by atoms with Crippen molar-refractivity contribution < 1.29 is 0 Å². The summed E-state index contributed by atoms with van der Waals surface area (Å²) < 4.78 is 0. The topological polar surface area (TPSA) is 27.8 Å². The summed E-state index contributed by atoms with van der Waals surface area (Å²) in [6, 6.07) is 13.0. The van der Waals surface area contributed by atoms with E-state index in [1.54, 1.807) is 0 Å². The maximum absolute atomic E-state index is 3.66. The number of unbranched alkanes of at least 4 members (excludes halogenated alkanes) is 7. The minimum absolute atomic E-state index is 1.06. The summed E-state index contributed by atoms with van der Waals surface area (Å²) >= 11 is 0. The molecule has 0 bridgehead atoms. The summed E-state index contributed by atoms with van der Waals surface area (Å²) in [6.07, 6.45) is 10.9. The molecule has 25 heavy (non-hydrogen) atoms. The third-order valence-electron chi connectivity index (χ3n) is 5.22.